The van der Waals surface area contributed by atoms with Crippen LogP contribution in [0.3, 0.4) is 0 Å². The number of nitrogens with one attached hydrogen (secondary N) is 1. The number of thiophene rings is 1. The number of carbonyl (C=O) groups excluding carboxylic acids is 1. The van der Waals surface area contributed by atoms with Gasteiger partial charge in [0.15, 0.2) is 0 Å². The molecule has 2 heterocycles. The number of methoxy groups -OCH3 is 1. The zero-order valence-corrected chi connectivity index (χ0v) is 14.7. The molecule has 0 aromatic carbocycles. The molecule has 1 atom stereocenters. The normalized spacial score (nSPS) is 22.0. The fourth-order valence-corrected chi connectivity index (χ4v) is 4.37. The minimum Gasteiger partial charge on any atom is -0.383 e. The minimum atomic E-state index is -0.376. The Kier molecular flexibility index (Phi) is 4.29. The maximum Gasteiger partial charge on any atom is 0.232 e. The second-order valence-electron chi connectivity index (χ2n) is 6.70. The Hall–Kier alpha value is -1.66. The van der Waals surface area contributed by atoms with Crippen LogP contribution in [0.5, 0.6) is 0 Å². The van der Waals surface area contributed by atoms with Gasteiger partial charge >= 0.3 is 0 Å². The maximum absolute atomic E-state index is 12.9. The molecule has 0 radical (unpaired) electrons. The summed E-state index contributed by atoms with van der Waals surface area (Å²) in [4.78, 5) is 18.2. The summed E-state index contributed by atoms with van der Waals surface area (Å²) in [5, 5.41) is 5.15. The number of aromatic nitrogens is 2. The van der Waals surface area contributed by atoms with Crippen LogP contribution in [0, 0.1) is 5.41 Å². The molecule has 0 spiro atoms. The average molecular weight is 333 g/mol. The van der Waals surface area contributed by atoms with Crippen molar-refractivity contribution in [2.45, 2.75) is 38.8 Å². The summed E-state index contributed by atoms with van der Waals surface area (Å²) in [6.45, 7) is 6.18. The van der Waals surface area contributed by atoms with Gasteiger partial charge < -0.3 is 14.6 Å². The molecule has 0 unspecified atom stereocenters. The van der Waals surface area contributed by atoms with Gasteiger partial charge in [-0.25, -0.2) is 4.98 Å². The molecule has 23 heavy (non-hydrogen) atoms. The smallest absolute Gasteiger partial charge is 0.232 e. The lowest BCUT2D eigenvalue weighted by Crippen LogP contribution is -2.37. The van der Waals surface area contributed by atoms with Gasteiger partial charge in [0, 0.05) is 24.7 Å². The number of rotatable bonds is 7. The van der Waals surface area contributed by atoms with E-state index in [1.54, 1.807) is 31.0 Å². The number of imidazole rings is 1. The largest absolute Gasteiger partial charge is 0.383 e. The van der Waals surface area contributed by atoms with Gasteiger partial charge in [0.2, 0.25) is 5.91 Å². The SMILES string of the molecule is COCCn1cncc1CNC(=O)[C@@]1(c2cccs2)CC1(C)C. The Morgan fingerprint density at radius 1 is 1.52 bits per heavy atom. The van der Waals surface area contributed by atoms with Gasteiger partial charge in [0.1, 0.15) is 0 Å². The van der Waals surface area contributed by atoms with Crippen molar-refractivity contribution < 1.29 is 9.53 Å². The fraction of sp³-hybridized carbons (Fsp3) is 0.529. The number of hydrogen-bond acceptors (Lipinski definition) is 4. The van der Waals surface area contributed by atoms with E-state index in [2.05, 4.69) is 30.2 Å². The van der Waals surface area contributed by atoms with Gasteiger partial charge in [-0.05, 0) is 23.3 Å². The van der Waals surface area contributed by atoms with Crippen molar-refractivity contribution in [1.82, 2.24) is 14.9 Å². The summed E-state index contributed by atoms with van der Waals surface area (Å²) in [5.74, 6) is 0.115. The predicted molar refractivity (Wildman–Crippen MR) is 90.3 cm³/mol. The lowest BCUT2D eigenvalue weighted by atomic mass is 9.93. The predicted octanol–water partition coefficient (Wildman–Crippen LogP) is 2.58. The first-order chi connectivity index (χ1) is 11.0. The summed E-state index contributed by atoms with van der Waals surface area (Å²) in [7, 11) is 1.68. The number of amides is 1. The fourth-order valence-electron chi connectivity index (χ4n) is 3.27. The molecule has 1 fully saturated rings. The van der Waals surface area contributed by atoms with Gasteiger partial charge in [0.05, 0.1) is 30.6 Å². The van der Waals surface area contributed by atoms with Crippen LogP contribution in [0.25, 0.3) is 0 Å². The Morgan fingerprint density at radius 2 is 2.30 bits per heavy atom. The van der Waals surface area contributed by atoms with Crippen molar-refractivity contribution >= 4 is 17.2 Å². The molecule has 0 bridgehead atoms. The molecule has 1 saturated carbocycles. The van der Waals surface area contributed by atoms with Crippen LogP contribution >= 0.6 is 11.3 Å². The van der Waals surface area contributed by atoms with Crippen molar-refractivity contribution in [2.75, 3.05) is 13.7 Å². The molecule has 6 heteroatoms. The van der Waals surface area contributed by atoms with E-state index < -0.39 is 0 Å². The van der Waals surface area contributed by atoms with E-state index in [9.17, 15) is 4.79 Å². The zero-order chi connectivity index (χ0) is 16.5. The molecule has 5 nitrogen and oxygen atoms in total. The average Bonchev–Trinajstić information content (AvgIpc) is 2.99. The quantitative estimate of drug-likeness (QED) is 0.847. The van der Waals surface area contributed by atoms with Crippen LogP contribution in [-0.2, 0) is 28.0 Å². The molecule has 1 aliphatic rings. The highest BCUT2D eigenvalue weighted by molar-refractivity contribution is 7.10. The van der Waals surface area contributed by atoms with E-state index >= 15 is 0 Å². The summed E-state index contributed by atoms with van der Waals surface area (Å²) in [5.41, 5.74) is 0.631. The van der Waals surface area contributed by atoms with E-state index in [1.807, 2.05) is 16.0 Å². The van der Waals surface area contributed by atoms with Crippen molar-refractivity contribution in [3.05, 3.63) is 40.6 Å². The third-order valence-electron chi connectivity index (χ3n) is 4.83. The van der Waals surface area contributed by atoms with Crippen molar-refractivity contribution in [3.8, 4) is 0 Å². The Bertz CT molecular complexity index is 678. The second kappa shape index (κ2) is 6.09. The Morgan fingerprint density at radius 3 is 2.91 bits per heavy atom. The summed E-state index contributed by atoms with van der Waals surface area (Å²) in [6.07, 6.45) is 4.47. The Balaban J connectivity index is 1.69. The third kappa shape index (κ3) is 2.81. The zero-order valence-electron chi connectivity index (χ0n) is 13.8. The van der Waals surface area contributed by atoms with Crippen molar-refractivity contribution in [2.24, 2.45) is 5.41 Å². The molecule has 0 aliphatic heterocycles. The standard InChI is InChI=1S/C17H23N3O2S/c1-16(2)11-17(16,14-5-4-8-23-14)15(21)19-10-13-9-18-12-20(13)6-7-22-3/h4-5,8-9,12H,6-7,10-11H2,1-3H3,(H,19,21)/t17-/m0/s1. The van der Waals surface area contributed by atoms with Crippen molar-refractivity contribution in [1.29, 1.82) is 0 Å². The summed E-state index contributed by atoms with van der Waals surface area (Å²) in [6, 6.07) is 4.09. The highest BCUT2D eigenvalue weighted by Crippen LogP contribution is 2.65. The van der Waals surface area contributed by atoms with Crippen molar-refractivity contribution in [3.63, 3.8) is 0 Å². The van der Waals surface area contributed by atoms with Crippen LogP contribution in [0.4, 0.5) is 0 Å². The number of carbonyl (C=O) groups is 1. The molecule has 2 aromatic rings. The van der Waals surface area contributed by atoms with Crippen LogP contribution in [-0.4, -0.2) is 29.2 Å². The highest BCUT2D eigenvalue weighted by atomic mass is 32.1. The molecule has 1 aliphatic carbocycles. The van der Waals surface area contributed by atoms with Crippen LogP contribution < -0.4 is 5.32 Å². The van der Waals surface area contributed by atoms with Crippen LogP contribution in [0.1, 0.15) is 30.8 Å². The number of ether oxygens (including phenoxy) is 1. The number of hydrogen-bond donors (Lipinski definition) is 1. The van der Waals surface area contributed by atoms with E-state index in [1.165, 1.54) is 0 Å². The van der Waals surface area contributed by atoms with E-state index in [0.29, 0.717) is 13.2 Å². The second-order valence-corrected chi connectivity index (χ2v) is 7.64. The van der Waals surface area contributed by atoms with Gasteiger partial charge in [0.25, 0.3) is 0 Å². The van der Waals surface area contributed by atoms with Gasteiger partial charge in [-0.1, -0.05) is 19.9 Å². The molecular formula is C17H23N3O2S. The first kappa shape index (κ1) is 16.2. The topological polar surface area (TPSA) is 56.1 Å². The number of nitrogens with zero attached hydrogens (tertiary/aromatic N) is 2. The highest BCUT2D eigenvalue weighted by Gasteiger charge is 2.67. The lowest BCUT2D eigenvalue weighted by molar-refractivity contribution is -0.124. The molecule has 1 amide bonds. The summed E-state index contributed by atoms with van der Waals surface area (Å²) < 4.78 is 7.12. The summed E-state index contributed by atoms with van der Waals surface area (Å²) >= 11 is 1.67. The van der Waals surface area contributed by atoms with Gasteiger partial charge in [-0.2, -0.15) is 0 Å². The van der Waals surface area contributed by atoms with E-state index in [4.69, 9.17) is 4.74 Å². The first-order valence-corrected chi connectivity index (χ1v) is 8.69. The first-order valence-electron chi connectivity index (χ1n) is 7.81. The van der Waals surface area contributed by atoms with Crippen LogP contribution in [0.15, 0.2) is 30.0 Å². The van der Waals surface area contributed by atoms with E-state index in [0.717, 1.165) is 23.5 Å². The van der Waals surface area contributed by atoms with Gasteiger partial charge in [-0.15, -0.1) is 11.3 Å². The third-order valence-corrected chi connectivity index (χ3v) is 5.86. The molecule has 1 N–H and O–H groups in total. The lowest BCUT2D eigenvalue weighted by Gasteiger charge is -2.19. The molecule has 2 aromatic heterocycles. The minimum absolute atomic E-state index is 0.0121. The van der Waals surface area contributed by atoms with Crippen LogP contribution in [0.2, 0.25) is 0 Å². The molecule has 3 rings (SSSR count). The maximum atomic E-state index is 12.9. The molecule has 0 saturated heterocycles. The monoisotopic (exact) mass is 333 g/mol. The van der Waals surface area contributed by atoms with E-state index in [-0.39, 0.29) is 16.7 Å². The molecular weight excluding hydrogens is 310 g/mol. The van der Waals surface area contributed by atoms with Gasteiger partial charge in [-0.3, -0.25) is 4.79 Å². The Labute approximate surface area is 140 Å². The molecule has 124 valence electrons.